The highest BCUT2D eigenvalue weighted by Crippen LogP contribution is 2.48. The van der Waals surface area contributed by atoms with Crippen molar-refractivity contribution in [2.45, 2.75) is 57.6 Å². The lowest BCUT2D eigenvalue weighted by atomic mass is 9.95. The molecule has 8 nitrogen and oxygen atoms in total. The second kappa shape index (κ2) is 11.3. The highest BCUT2D eigenvalue weighted by molar-refractivity contribution is 7.60. The Labute approximate surface area is 246 Å². The van der Waals surface area contributed by atoms with Gasteiger partial charge in [-0.05, 0) is 55.1 Å². The van der Waals surface area contributed by atoms with Crippen LogP contribution in [-0.2, 0) is 21.4 Å². The lowest BCUT2D eigenvalue weighted by molar-refractivity contribution is 0.0858. The van der Waals surface area contributed by atoms with Crippen molar-refractivity contribution in [3.8, 4) is 22.9 Å². The van der Waals surface area contributed by atoms with E-state index < -0.39 is 15.7 Å². The first-order valence-corrected chi connectivity index (χ1v) is 19.3. The summed E-state index contributed by atoms with van der Waals surface area (Å²) in [5.41, 5.74) is 4.34. The summed E-state index contributed by atoms with van der Waals surface area (Å²) < 4.78 is 26.1. The van der Waals surface area contributed by atoms with E-state index in [0.717, 1.165) is 35.5 Å². The molecule has 5 rings (SSSR count). The van der Waals surface area contributed by atoms with Crippen LogP contribution in [0.2, 0.25) is 30.7 Å². The van der Waals surface area contributed by atoms with Crippen molar-refractivity contribution in [1.29, 1.82) is 0 Å². The summed E-state index contributed by atoms with van der Waals surface area (Å²) in [5.74, 6) is 0.711. The maximum Gasteiger partial charge on any atom is 0.356 e. The number of hydrogen-bond acceptors (Lipinski definition) is 5. The molecular weight excluding hydrogens is 579 g/mol. The Morgan fingerprint density at radius 2 is 1.78 bits per heavy atom. The van der Waals surface area contributed by atoms with E-state index in [2.05, 4.69) is 19.6 Å². The van der Waals surface area contributed by atoms with Gasteiger partial charge in [-0.25, -0.2) is 4.98 Å². The monoisotopic (exact) mass is 614 g/mol. The Balaban J connectivity index is 1.51. The van der Waals surface area contributed by atoms with Gasteiger partial charge in [0.2, 0.25) is 5.88 Å². The Bertz CT molecular complexity index is 1620. The topological polar surface area (TPSA) is 114 Å². The van der Waals surface area contributed by atoms with Gasteiger partial charge in [-0.1, -0.05) is 61.6 Å². The van der Waals surface area contributed by atoms with Crippen molar-refractivity contribution >= 4 is 43.6 Å². The summed E-state index contributed by atoms with van der Waals surface area (Å²) in [6.07, 6.45) is 1.97. The van der Waals surface area contributed by atoms with Crippen LogP contribution in [0, 0.1) is 6.92 Å². The second-order valence-electron chi connectivity index (χ2n) is 12.1. The van der Waals surface area contributed by atoms with Gasteiger partial charge in [0.1, 0.15) is 12.5 Å². The lowest BCUT2D eigenvalue weighted by Gasteiger charge is -2.17. The third kappa shape index (κ3) is 6.62. The minimum absolute atomic E-state index is 0.0786. The van der Waals surface area contributed by atoms with Gasteiger partial charge in [0, 0.05) is 31.7 Å². The SMILES string of the molecule is Cc1ccc(Oc2cc3nc(-c4ccc(C5(CO)CC5)cc4)c(Cl)cc3n2COCC[Si](C)(C)C)cc1P(=O)(O)O. The number of aliphatic hydroxyl groups excluding tert-OH is 1. The van der Waals surface area contributed by atoms with Crippen molar-refractivity contribution in [3.63, 3.8) is 0 Å². The predicted octanol–water partition coefficient (Wildman–Crippen LogP) is 6.60. The van der Waals surface area contributed by atoms with Gasteiger partial charge in [0.25, 0.3) is 0 Å². The van der Waals surface area contributed by atoms with Gasteiger partial charge in [0.15, 0.2) is 0 Å². The van der Waals surface area contributed by atoms with Gasteiger partial charge in [-0.2, -0.15) is 0 Å². The molecule has 1 fully saturated rings. The average Bonchev–Trinajstić information content (AvgIpc) is 3.64. The van der Waals surface area contributed by atoms with Crippen LogP contribution >= 0.6 is 19.2 Å². The molecule has 0 atom stereocenters. The first kappa shape index (κ1) is 30.0. The van der Waals surface area contributed by atoms with E-state index in [1.165, 1.54) is 6.07 Å². The van der Waals surface area contributed by atoms with Crippen LogP contribution in [0.3, 0.4) is 0 Å². The number of fused-ring (bicyclic) bond motifs is 1. The maximum atomic E-state index is 12.0. The smallest absolute Gasteiger partial charge is 0.356 e. The molecule has 11 heteroatoms. The van der Waals surface area contributed by atoms with Crippen molar-refractivity contribution in [2.75, 3.05) is 13.2 Å². The van der Waals surface area contributed by atoms with Crippen LogP contribution < -0.4 is 10.0 Å². The number of benzene rings is 2. The molecule has 2 heterocycles. The highest BCUT2D eigenvalue weighted by atomic mass is 35.5. The van der Waals surface area contributed by atoms with Crippen molar-refractivity contribution in [3.05, 3.63) is 70.7 Å². The summed E-state index contributed by atoms with van der Waals surface area (Å²) >= 11 is 6.78. The predicted molar refractivity (Wildman–Crippen MR) is 165 cm³/mol. The van der Waals surface area contributed by atoms with Gasteiger partial charge < -0.3 is 24.4 Å². The maximum absolute atomic E-state index is 12.0. The standard InChI is InChI=1S/C30H36ClN2O6PSi/c1-20-5-10-23(15-27(20)40(35,36)37)39-28-17-25-26(33(28)19-38-13-14-41(2,3)4)16-24(31)29(32-25)21-6-8-22(9-7-21)30(18-34)11-12-30/h5-10,15-17,34H,11-14,18-19H2,1-4H3,(H2,35,36,37). The van der Waals surface area contributed by atoms with Crippen LogP contribution in [0.4, 0.5) is 0 Å². The Morgan fingerprint density at radius 1 is 1.07 bits per heavy atom. The number of aryl methyl sites for hydroxylation is 1. The van der Waals surface area contributed by atoms with E-state index in [0.29, 0.717) is 40.0 Å². The minimum Gasteiger partial charge on any atom is -0.441 e. The zero-order valence-electron chi connectivity index (χ0n) is 23.7. The number of pyridine rings is 1. The van der Waals surface area contributed by atoms with Gasteiger partial charge in [0.05, 0.1) is 33.7 Å². The van der Waals surface area contributed by atoms with Gasteiger partial charge >= 0.3 is 7.60 Å². The molecule has 0 amide bonds. The van der Waals surface area contributed by atoms with E-state index >= 15 is 0 Å². The van der Waals surface area contributed by atoms with E-state index in [9.17, 15) is 19.5 Å². The molecule has 0 spiro atoms. The summed E-state index contributed by atoms with van der Waals surface area (Å²) in [6.45, 7) is 9.46. The number of ether oxygens (including phenoxy) is 2. The minimum atomic E-state index is -4.48. The molecule has 1 saturated carbocycles. The fraction of sp³-hybridized carbons (Fsp3) is 0.367. The van der Waals surface area contributed by atoms with Crippen molar-refractivity contribution in [1.82, 2.24) is 9.55 Å². The molecule has 0 aliphatic heterocycles. The number of nitrogens with zero attached hydrogens (tertiary/aromatic N) is 2. The Morgan fingerprint density at radius 3 is 2.39 bits per heavy atom. The zero-order valence-corrected chi connectivity index (χ0v) is 26.4. The molecule has 218 valence electrons. The van der Waals surface area contributed by atoms with Gasteiger partial charge in [-0.3, -0.25) is 9.13 Å². The molecule has 4 aromatic rings. The third-order valence-corrected chi connectivity index (χ3v) is 10.8. The van der Waals surface area contributed by atoms with E-state index in [1.54, 1.807) is 25.1 Å². The van der Waals surface area contributed by atoms with E-state index in [4.69, 9.17) is 26.1 Å². The highest BCUT2D eigenvalue weighted by Gasteiger charge is 2.43. The van der Waals surface area contributed by atoms with E-state index in [-0.39, 0.29) is 24.1 Å². The molecule has 0 radical (unpaired) electrons. The molecule has 3 N–H and O–H groups in total. The molecule has 1 aliphatic carbocycles. The molecule has 2 aromatic carbocycles. The van der Waals surface area contributed by atoms with E-state index in [1.807, 2.05) is 34.9 Å². The first-order valence-electron chi connectivity index (χ1n) is 13.6. The van der Waals surface area contributed by atoms with Crippen LogP contribution in [0.25, 0.3) is 22.3 Å². The van der Waals surface area contributed by atoms with Crippen molar-refractivity contribution < 1.29 is 28.9 Å². The number of halogens is 1. The first-order chi connectivity index (χ1) is 19.3. The van der Waals surface area contributed by atoms with Crippen LogP contribution in [-0.4, -0.2) is 45.7 Å². The second-order valence-corrected chi connectivity index (χ2v) is 19.7. The fourth-order valence-electron chi connectivity index (χ4n) is 4.84. The van der Waals surface area contributed by atoms with Crippen LogP contribution in [0.1, 0.15) is 24.0 Å². The third-order valence-electron chi connectivity index (χ3n) is 7.66. The van der Waals surface area contributed by atoms with Gasteiger partial charge in [-0.15, -0.1) is 0 Å². The van der Waals surface area contributed by atoms with Crippen LogP contribution in [0.15, 0.2) is 54.6 Å². The molecule has 2 aromatic heterocycles. The molecule has 0 saturated heterocycles. The molecule has 0 bridgehead atoms. The summed E-state index contributed by atoms with van der Waals surface area (Å²) in [7, 11) is -5.77. The summed E-state index contributed by atoms with van der Waals surface area (Å²) in [6, 6.07) is 17.3. The fourth-order valence-corrected chi connectivity index (χ4v) is 6.68. The summed E-state index contributed by atoms with van der Waals surface area (Å²) in [4.78, 5) is 24.4. The lowest BCUT2D eigenvalue weighted by Crippen LogP contribution is -2.22. The molecular formula is C30H36ClN2O6PSi. The quantitative estimate of drug-likeness (QED) is 0.0991. The molecule has 41 heavy (non-hydrogen) atoms. The molecule has 0 unspecified atom stereocenters. The average molecular weight is 615 g/mol. The van der Waals surface area contributed by atoms with Crippen molar-refractivity contribution in [2.24, 2.45) is 0 Å². The normalized spacial score (nSPS) is 14.9. The Hall–Kier alpha value is -2.49. The number of aliphatic hydroxyl groups is 1. The molecule has 1 aliphatic rings. The zero-order chi connectivity index (χ0) is 29.6. The number of hydrogen-bond donors (Lipinski definition) is 3. The largest absolute Gasteiger partial charge is 0.441 e. The number of aromatic nitrogens is 2. The summed E-state index contributed by atoms with van der Waals surface area (Å²) in [5, 5.41) is 10.2. The van der Waals surface area contributed by atoms with Crippen LogP contribution in [0.5, 0.6) is 11.6 Å². The Kier molecular flexibility index (Phi) is 8.26. The number of rotatable bonds is 11.